The maximum Gasteiger partial charge on any atom is 0.220 e. The number of ether oxygens (including phenoxy) is 6. The standard InChI is InChI=1S/C81H151NO18/c1-3-5-7-9-11-13-15-17-19-21-23-25-27-28-29-30-31-32-33-34-35-36-37-38-40-42-44-46-48-50-52-54-56-58-65(86)64(82-69(87)59-57-55-53-51-49-47-45-43-41-39-26-24-22-20-18-16-14-12-10-8-6-4-2)63-95-79-75(93)72(90)77(67(61-84)97-79)100-81-76(94)73(91)78(68(62-85)98-81)99-80-74(92)71(89)70(88)66(60-83)96-80/h40,42,48,50,56,58,64-68,70-81,83-86,88-94H,3-39,41,43-47,49,51-55,57,59-63H2,1-2H3,(H,82,87)/b42-40+,50-48+,58-56+. The van der Waals surface area contributed by atoms with Crippen LogP contribution in [-0.4, -0.2) is 193 Å². The van der Waals surface area contributed by atoms with Crippen LogP contribution < -0.4 is 5.32 Å². The van der Waals surface area contributed by atoms with Gasteiger partial charge < -0.3 is 89.9 Å². The van der Waals surface area contributed by atoms with E-state index < -0.39 is 124 Å². The lowest BCUT2D eigenvalue weighted by atomic mass is 9.96. The molecule has 3 saturated heterocycles. The number of allylic oxidation sites excluding steroid dienone is 5. The van der Waals surface area contributed by atoms with Crippen LogP contribution in [0, 0.1) is 0 Å². The van der Waals surface area contributed by atoms with E-state index in [0.29, 0.717) is 12.8 Å². The minimum absolute atomic E-state index is 0.236. The van der Waals surface area contributed by atoms with Crippen LogP contribution in [0.25, 0.3) is 0 Å². The molecule has 1 amide bonds. The molecule has 12 N–H and O–H groups in total. The second kappa shape index (κ2) is 62.1. The van der Waals surface area contributed by atoms with Gasteiger partial charge in [-0.05, 0) is 44.9 Å². The van der Waals surface area contributed by atoms with Crippen LogP contribution >= 0.6 is 0 Å². The van der Waals surface area contributed by atoms with Gasteiger partial charge in [0.15, 0.2) is 18.9 Å². The molecule has 0 spiro atoms. The SMILES string of the molecule is CCCCCCCCCCCCCCCCCCCCCCCCC/C=C/CC/C=C/CC/C=C/C(O)C(COC1OC(CO)C(OC2OC(CO)C(OC3OC(CO)C(O)C(O)C3O)C(O)C2O)C(O)C1O)NC(=O)CCCCCCCCCCCCCCCCCCCCCCCC. The molecule has 19 heteroatoms. The minimum atomic E-state index is -1.98. The smallest absolute Gasteiger partial charge is 0.220 e. The molecule has 0 aromatic rings. The highest BCUT2D eigenvalue weighted by molar-refractivity contribution is 5.76. The highest BCUT2D eigenvalue weighted by Crippen LogP contribution is 2.33. The lowest BCUT2D eigenvalue weighted by Gasteiger charge is -2.48. The van der Waals surface area contributed by atoms with E-state index >= 15 is 0 Å². The lowest BCUT2D eigenvalue weighted by molar-refractivity contribution is -0.379. The van der Waals surface area contributed by atoms with E-state index in [1.807, 2.05) is 6.08 Å². The number of unbranched alkanes of at least 4 members (excludes halogenated alkanes) is 46. The number of amides is 1. The summed E-state index contributed by atoms with van der Waals surface area (Å²) in [5.41, 5.74) is 0. The molecule has 0 aromatic carbocycles. The van der Waals surface area contributed by atoms with Crippen molar-refractivity contribution in [2.45, 2.75) is 446 Å². The fourth-order valence-electron chi connectivity index (χ4n) is 14.1. The van der Waals surface area contributed by atoms with Gasteiger partial charge in [-0.3, -0.25) is 4.79 Å². The Morgan fingerprint density at radius 2 is 0.640 bits per heavy atom. The van der Waals surface area contributed by atoms with E-state index in [-0.39, 0.29) is 18.9 Å². The Morgan fingerprint density at radius 1 is 0.350 bits per heavy atom. The number of hydrogen-bond donors (Lipinski definition) is 12. The van der Waals surface area contributed by atoms with E-state index in [9.17, 15) is 61.0 Å². The summed E-state index contributed by atoms with van der Waals surface area (Å²) < 4.78 is 34.4. The first-order valence-electron chi connectivity index (χ1n) is 41.2. The van der Waals surface area contributed by atoms with Crippen molar-refractivity contribution in [1.82, 2.24) is 5.32 Å². The van der Waals surface area contributed by atoms with Crippen LogP contribution in [0.1, 0.15) is 341 Å². The molecule has 0 saturated carbocycles. The molecule has 3 aliphatic rings. The molecule has 17 unspecified atom stereocenters. The van der Waals surface area contributed by atoms with Crippen molar-refractivity contribution in [3.8, 4) is 0 Å². The highest BCUT2D eigenvalue weighted by Gasteiger charge is 2.54. The first-order chi connectivity index (χ1) is 48.8. The molecule has 100 heavy (non-hydrogen) atoms. The molecule has 3 heterocycles. The van der Waals surface area contributed by atoms with E-state index in [4.69, 9.17) is 28.4 Å². The van der Waals surface area contributed by atoms with Gasteiger partial charge in [0.1, 0.15) is 73.2 Å². The number of carbonyl (C=O) groups is 1. The molecule has 3 fully saturated rings. The molecule has 19 nitrogen and oxygen atoms in total. The number of aliphatic hydroxyl groups excluding tert-OH is 11. The summed E-state index contributed by atoms with van der Waals surface area (Å²) in [6.45, 7) is 1.77. The maximum atomic E-state index is 13.5. The second-order valence-electron chi connectivity index (χ2n) is 29.6. The topological polar surface area (TPSA) is 307 Å². The molecule has 0 radical (unpaired) electrons. The first kappa shape index (κ1) is 92.2. The van der Waals surface area contributed by atoms with Gasteiger partial charge in [0.2, 0.25) is 5.91 Å². The van der Waals surface area contributed by atoms with E-state index in [0.717, 1.165) is 44.9 Å². The van der Waals surface area contributed by atoms with Gasteiger partial charge in [-0.15, -0.1) is 0 Å². The normalized spacial score (nSPS) is 26.6. The van der Waals surface area contributed by atoms with Crippen molar-refractivity contribution in [2.75, 3.05) is 26.4 Å². The van der Waals surface area contributed by atoms with E-state index in [1.54, 1.807) is 6.08 Å². The molecule has 0 aromatic heterocycles. The van der Waals surface area contributed by atoms with Gasteiger partial charge in [-0.1, -0.05) is 326 Å². The minimum Gasteiger partial charge on any atom is -0.394 e. The molecule has 588 valence electrons. The van der Waals surface area contributed by atoms with Crippen molar-refractivity contribution < 1.29 is 89.4 Å². The maximum absolute atomic E-state index is 13.5. The van der Waals surface area contributed by atoms with Crippen molar-refractivity contribution in [1.29, 1.82) is 0 Å². The van der Waals surface area contributed by atoms with Crippen LogP contribution in [-0.2, 0) is 33.2 Å². The number of nitrogens with one attached hydrogen (secondary N) is 1. The quantitative estimate of drug-likeness (QED) is 0.0199. The third-order valence-corrected chi connectivity index (χ3v) is 20.7. The molecule has 3 aliphatic heterocycles. The summed E-state index contributed by atoms with van der Waals surface area (Å²) in [5, 5.41) is 121. The van der Waals surface area contributed by atoms with Crippen molar-refractivity contribution in [3.05, 3.63) is 36.5 Å². The fourth-order valence-corrected chi connectivity index (χ4v) is 14.1. The summed E-state index contributed by atoms with van der Waals surface area (Å²) in [4.78, 5) is 13.5. The van der Waals surface area contributed by atoms with Gasteiger partial charge in [0, 0.05) is 6.42 Å². The van der Waals surface area contributed by atoms with Crippen LogP contribution in [0.5, 0.6) is 0 Å². The number of carbonyl (C=O) groups excluding carboxylic acids is 1. The van der Waals surface area contributed by atoms with Crippen LogP contribution in [0.3, 0.4) is 0 Å². The van der Waals surface area contributed by atoms with Crippen molar-refractivity contribution in [3.63, 3.8) is 0 Å². The molecular weight excluding hydrogens is 1270 g/mol. The Bertz CT molecular complexity index is 1950. The van der Waals surface area contributed by atoms with Gasteiger partial charge in [-0.25, -0.2) is 0 Å². The highest BCUT2D eigenvalue weighted by atomic mass is 16.8. The summed E-state index contributed by atoms with van der Waals surface area (Å²) >= 11 is 0. The van der Waals surface area contributed by atoms with Crippen molar-refractivity contribution in [2.24, 2.45) is 0 Å². The Labute approximate surface area is 606 Å². The van der Waals surface area contributed by atoms with Crippen LogP contribution in [0.15, 0.2) is 36.5 Å². The number of hydrogen-bond acceptors (Lipinski definition) is 18. The molecule has 0 aliphatic carbocycles. The Balaban J connectivity index is 1.38. The first-order valence-corrected chi connectivity index (χ1v) is 41.2. The summed E-state index contributed by atoms with van der Waals surface area (Å²) in [6, 6.07) is -0.996. The van der Waals surface area contributed by atoms with Gasteiger partial charge in [0.25, 0.3) is 0 Å². The average Bonchev–Trinajstić information content (AvgIpc) is 0.783. The van der Waals surface area contributed by atoms with Crippen molar-refractivity contribution >= 4 is 5.91 Å². The summed E-state index contributed by atoms with van der Waals surface area (Å²) in [6.07, 6.45) is 50.1. The Morgan fingerprint density at radius 3 is 1.00 bits per heavy atom. The zero-order valence-corrected chi connectivity index (χ0v) is 62.9. The molecule has 0 bridgehead atoms. The zero-order valence-electron chi connectivity index (χ0n) is 62.9. The molecule has 3 rings (SSSR count). The van der Waals surface area contributed by atoms with E-state index in [1.165, 1.54) is 263 Å². The predicted octanol–water partition coefficient (Wildman–Crippen LogP) is 13.9. The number of aliphatic hydroxyl groups is 11. The zero-order chi connectivity index (χ0) is 72.5. The average molecular weight is 1430 g/mol. The molecule has 17 atom stereocenters. The van der Waals surface area contributed by atoms with Crippen LogP contribution in [0.2, 0.25) is 0 Å². The number of rotatable bonds is 66. The third kappa shape index (κ3) is 41.8. The predicted molar refractivity (Wildman–Crippen MR) is 397 cm³/mol. The van der Waals surface area contributed by atoms with Gasteiger partial charge in [0.05, 0.1) is 38.6 Å². The van der Waals surface area contributed by atoms with Gasteiger partial charge >= 0.3 is 0 Å². The monoisotopic (exact) mass is 1430 g/mol. The van der Waals surface area contributed by atoms with Crippen LogP contribution in [0.4, 0.5) is 0 Å². The summed E-state index contributed by atoms with van der Waals surface area (Å²) in [7, 11) is 0. The second-order valence-corrected chi connectivity index (χ2v) is 29.6. The summed E-state index contributed by atoms with van der Waals surface area (Å²) in [5.74, 6) is -0.283. The Hall–Kier alpha value is -1.99. The third-order valence-electron chi connectivity index (χ3n) is 20.7. The fraction of sp³-hybridized carbons (Fsp3) is 0.914. The van der Waals surface area contributed by atoms with Gasteiger partial charge in [-0.2, -0.15) is 0 Å². The Kier molecular flexibility index (Phi) is 57.3. The lowest BCUT2D eigenvalue weighted by Crippen LogP contribution is -2.66. The van der Waals surface area contributed by atoms with E-state index in [2.05, 4.69) is 43.5 Å². The largest absolute Gasteiger partial charge is 0.394 e. The molecular formula is C81H151NO18.